The van der Waals surface area contributed by atoms with Gasteiger partial charge >= 0.3 is 0 Å². The fourth-order valence-corrected chi connectivity index (χ4v) is 6.48. The first-order valence-corrected chi connectivity index (χ1v) is 13.6. The fraction of sp³-hybridized carbons (Fsp3) is 0.267. The molecule has 41 heavy (non-hydrogen) atoms. The number of anilines is 1. The molecule has 206 valence electrons. The van der Waals surface area contributed by atoms with Crippen LogP contribution in [0, 0.1) is 5.82 Å². The molecule has 2 aliphatic heterocycles. The van der Waals surface area contributed by atoms with Crippen LogP contribution in [0.1, 0.15) is 65.1 Å². The molecule has 2 saturated heterocycles. The van der Waals surface area contributed by atoms with E-state index in [1.807, 2.05) is 17.0 Å². The molecule has 0 spiro atoms. The summed E-state index contributed by atoms with van der Waals surface area (Å²) < 4.78 is 14.9. The molecule has 4 aromatic heterocycles. The summed E-state index contributed by atoms with van der Waals surface area (Å²) in [6, 6.07) is 11.7. The number of aromatic amines is 1. The van der Waals surface area contributed by atoms with Crippen molar-refractivity contribution in [2.24, 2.45) is 0 Å². The number of aromatic nitrogens is 6. The number of amides is 1. The van der Waals surface area contributed by atoms with Crippen molar-refractivity contribution in [1.82, 2.24) is 34.7 Å². The lowest BCUT2D eigenvalue weighted by Crippen LogP contribution is -2.46. The molecule has 2 bridgehead atoms. The number of benzene rings is 1. The molecule has 2 fully saturated rings. The minimum atomic E-state index is -0.302. The van der Waals surface area contributed by atoms with Crippen molar-refractivity contribution < 1.29 is 14.0 Å². The molecule has 5 aromatic rings. The number of Topliss-reactive ketones (excluding diaryl/α,β-unsaturated/α-hetero) is 1. The fourth-order valence-electron chi connectivity index (χ4n) is 6.48. The summed E-state index contributed by atoms with van der Waals surface area (Å²) in [6.45, 7) is 1.50. The quantitative estimate of drug-likeness (QED) is 0.304. The van der Waals surface area contributed by atoms with Crippen LogP contribution in [0.3, 0.4) is 0 Å². The summed E-state index contributed by atoms with van der Waals surface area (Å²) in [5.74, 6) is -0.297. The Morgan fingerprint density at radius 3 is 2.37 bits per heavy atom. The van der Waals surface area contributed by atoms with Crippen LogP contribution < -0.4 is 5.73 Å². The van der Waals surface area contributed by atoms with Crippen molar-refractivity contribution in [3.05, 3.63) is 83.8 Å². The van der Waals surface area contributed by atoms with Crippen molar-refractivity contribution in [3.63, 3.8) is 0 Å². The average Bonchev–Trinajstić information content (AvgIpc) is 3.71. The monoisotopic (exact) mass is 550 g/mol. The van der Waals surface area contributed by atoms with Crippen molar-refractivity contribution >= 4 is 23.2 Å². The maximum absolute atomic E-state index is 13.3. The van der Waals surface area contributed by atoms with E-state index in [2.05, 4.69) is 20.3 Å². The first kappa shape index (κ1) is 25.1. The average molecular weight is 551 g/mol. The van der Waals surface area contributed by atoms with E-state index in [0.29, 0.717) is 41.1 Å². The van der Waals surface area contributed by atoms with Crippen LogP contribution in [0.5, 0.6) is 0 Å². The first-order valence-electron chi connectivity index (χ1n) is 13.6. The number of halogens is 1. The highest BCUT2D eigenvalue weighted by Gasteiger charge is 2.45. The van der Waals surface area contributed by atoms with Gasteiger partial charge in [-0.2, -0.15) is 14.7 Å². The molecular formula is C30H27FN8O2. The molecule has 1 aromatic carbocycles. The van der Waals surface area contributed by atoms with Crippen molar-refractivity contribution in [3.8, 4) is 22.4 Å². The molecular weight excluding hydrogens is 523 g/mol. The van der Waals surface area contributed by atoms with Gasteiger partial charge in [0.25, 0.3) is 5.91 Å². The molecule has 0 saturated carbocycles. The van der Waals surface area contributed by atoms with Gasteiger partial charge < -0.3 is 10.6 Å². The zero-order chi connectivity index (χ0) is 28.2. The molecule has 10 nitrogen and oxygen atoms in total. The van der Waals surface area contributed by atoms with E-state index in [1.54, 1.807) is 36.8 Å². The van der Waals surface area contributed by atoms with Crippen LogP contribution in [0.15, 0.2) is 61.1 Å². The molecule has 6 heterocycles. The molecule has 7 rings (SSSR count). The summed E-state index contributed by atoms with van der Waals surface area (Å²) in [5.41, 5.74) is 11.7. The maximum Gasteiger partial charge on any atom is 0.272 e. The predicted octanol–water partition coefficient (Wildman–Crippen LogP) is 4.66. The van der Waals surface area contributed by atoms with Gasteiger partial charge in [0, 0.05) is 47.1 Å². The number of nitrogens with zero attached hydrogens (tertiary/aromatic N) is 6. The normalized spacial score (nSPS) is 20.0. The van der Waals surface area contributed by atoms with Gasteiger partial charge in [-0.25, -0.2) is 9.37 Å². The number of hydrogen-bond acceptors (Lipinski definition) is 7. The number of piperidine rings is 1. The van der Waals surface area contributed by atoms with E-state index in [9.17, 15) is 14.0 Å². The van der Waals surface area contributed by atoms with Gasteiger partial charge in [-0.1, -0.05) is 6.07 Å². The number of nitrogen functional groups attached to an aromatic ring is 1. The predicted molar refractivity (Wildman–Crippen MR) is 150 cm³/mol. The molecule has 2 aliphatic rings. The van der Waals surface area contributed by atoms with Crippen LogP contribution in [-0.4, -0.2) is 58.5 Å². The van der Waals surface area contributed by atoms with Gasteiger partial charge in [-0.15, -0.1) is 0 Å². The van der Waals surface area contributed by atoms with Crippen LogP contribution in [0.25, 0.3) is 28.0 Å². The Labute approximate surface area is 234 Å². The van der Waals surface area contributed by atoms with E-state index < -0.39 is 0 Å². The number of hydrogen-bond donors (Lipinski definition) is 2. The first-order chi connectivity index (χ1) is 19.9. The van der Waals surface area contributed by atoms with E-state index in [0.717, 1.165) is 29.5 Å². The number of nitrogens with one attached hydrogen (secondary N) is 1. The van der Waals surface area contributed by atoms with Crippen LogP contribution in [0.2, 0.25) is 0 Å². The molecule has 1 amide bonds. The lowest BCUT2D eigenvalue weighted by Gasteiger charge is -2.39. The minimum absolute atomic E-state index is 0.0359. The van der Waals surface area contributed by atoms with E-state index in [-0.39, 0.29) is 41.3 Å². The number of rotatable bonds is 5. The number of ketones is 1. The second kappa shape index (κ2) is 9.61. The Balaban J connectivity index is 1.25. The molecule has 11 heteroatoms. The zero-order valence-electron chi connectivity index (χ0n) is 22.3. The molecule has 3 atom stereocenters. The van der Waals surface area contributed by atoms with Gasteiger partial charge in [-0.05, 0) is 69.0 Å². The van der Waals surface area contributed by atoms with E-state index in [4.69, 9.17) is 10.7 Å². The van der Waals surface area contributed by atoms with Gasteiger partial charge in [0.05, 0.1) is 23.1 Å². The number of fused-ring (bicyclic) bond motifs is 3. The topological polar surface area (TPSA) is 135 Å². The Morgan fingerprint density at radius 2 is 1.73 bits per heavy atom. The standard InChI is InChI=1S/C30H27FN8O2/c1-16(40)26-27(19-12-21-7-8-22(13-19)38(21)30(41)25-10-11-34-37-25)36-29-23(15-35-39(29)28(26)32)18-4-9-24(33-14-18)17-2-5-20(31)6-3-17/h2-6,9-11,14-15,19,21-22H,7-8,12-13,32H2,1H3,(H,34,37)/t19-,21+,22-. The third-order valence-corrected chi connectivity index (χ3v) is 8.36. The van der Waals surface area contributed by atoms with E-state index in [1.165, 1.54) is 23.6 Å². The van der Waals surface area contributed by atoms with Crippen LogP contribution >= 0.6 is 0 Å². The van der Waals surface area contributed by atoms with Crippen LogP contribution in [-0.2, 0) is 0 Å². The van der Waals surface area contributed by atoms with Gasteiger partial charge in [0.2, 0.25) is 0 Å². The van der Waals surface area contributed by atoms with E-state index >= 15 is 0 Å². The molecule has 0 unspecified atom stereocenters. The SMILES string of the molecule is CC(=O)c1c([C@H]2C[C@H]3CC[C@@H](C2)N3C(=O)c2ccn[nH]2)nc2c(-c3ccc(-c4ccc(F)cc4)nc3)cnn2c1N. The number of pyridine rings is 1. The van der Waals surface area contributed by atoms with Gasteiger partial charge in [-0.3, -0.25) is 19.7 Å². The van der Waals surface area contributed by atoms with Crippen molar-refractivity contribution in [1.29, 1.82) is 0 Å². The highest BCUT2D eigenvalue weighted by atomic mass is 19.1. The molecule has 0 aliphatic carbocycles. The Hall–Kier alpha value is -4.93. The Kier molecular flexibility index (Phi) is 5.88. The molecule has 0 radical (unpaired) electrons. The third-order valence-electron chi connectivity index (χ3n) is 8.36. The lowest BCUT2D eigenvalue weighted by molar-refractivity contribution is 0.0562. The Bertz CT molecular complexity index is 1770. The number of carbonyl (C=O) groups is 2. The highest BCUT2D eigenvalue weighted by Crippen LogP contribution is 2.45. The molecule has 3 N–H and O–H groups in total. The lowest BCUT2D eigenvalue weighted by atomic mass is 9.85. The summed E-state index contributed by atoms with van der Waals surface area (Å²) in [7, 11) is 0. The third kappa shape index (κ3) is 4.16. The van der Waals surface area contributed by atoms with Crippen molar-refractivity contribution in [2.45, 2.75) is 50.6 Å². The van der Waals surface area contributed by atoms with Gasteiger partial charge in [0.1, 0.15) is 17.3 Å². The largest absolute Gasteiger partial charge is 0.383 e. The summed E-state index contributed by atoms with van der Waals surface area (Å²) in [6.07, 6.45) is 8.17. The summed E-state index contributed by atoms with van der Waals surface area (Å²) in [5, 5.41) is 11.2. The van der Waals surface area contributed by atoms with Crippen molar-refractivity contribution in [2.75, 3.05) is 5.73 Å². The second-order valence-electron chi connectivity index (χ2n) is 10.8. The summed E-state index contributed by atoms with van der Waals surface area (Å²) >= 11 is 0. The summed E-state index contributed by atoms with van der Waals surface area (Å²) in [4.78, 5) is 37.7. The smallest absolute Gasteiger partial charge is 0.272 e. The number of carbonyl (C=O) groups excluding carboxylic acids is 2. The number of H-pyrrole nitrogens is 1. The minimum Gasteiger partial charge on any atom is -0.383 e. The maximum atomic E-state index is 13.3. The van der Waals surface area contributed by atoms with Crippen LogP contribution in [0.4, 0.5) is 10.2 Å². The second-order valence-corrected chi connectivity index (χ2v) is 10.8. The highest BCUT2D eigenvalue weighted by molar-refractivity contribution is 6.00. The van der Waals surface area contributed by atoms with Gasteiger partial charge in [0.15, 0.2) is 11.4 Å². The zero-order valence-corrected chi connectivity index (χ0v) is 22.3. The number of nitrogens with two attached hydrogens (primary N) is 1. The Morgan fingerprint density at radius 1 is 1.00 bits per heavy atom.